The van der Waals surface area contributed by atoms with Gasteiger partial charge in [0.2, 0.25) is 5.85 Å². The standard InChI is InChI=1S/C15H17O5P/c1-11(16)20-15(21(17,18-2)19-3)14-10-6-8-12-7-4-5-9-13(12)14/h4-10,15H,1-3H3/t15-/m1/s1. The Morgan fingerprint density at radius 2 is 1.67 bits per heavy atom. The Labute approximate surface area is 123 Å². The van der Waals surface area contributed by atoms with E-state index in [-0.39, 0.29) is 0 Å². The summed E-state index contributed by atoms with van der Waals surface area (Å²) in [4.78, 5) is 11.4. The van der Waals surface area contributed by atoms with Crippen molar-refractivity contribution in [3.05, 3.63) is 48.0 Å². The molecule has 112 valence electrons. The Balaban J connectivity index is 2.64. The Morgan fingerprint density at radius 3 is 2.29 bits per heavy atom. The molecule has 0 saturated heterocycles. The van der Waals surface area contributed by atoms with Crippen LogP contribution in [0.1, 0.15) is 18.3 Å². The summed E-state index contributed by atoms with van der Waals surface area (Å²) in [5.74, 6) is -1.65. The van der Waals surface area contributed by atoms with Gasteiger partial charge in [-0.25, -0.2) is 0 Å². The maximum Gasteiger partial charge on any atom is 0.375 e. The molecule has 0 aliphatic rings. The molecule has 0 heterocycles. The van der Waals surface area contributed by atoms with E-state index in [4.69, 9.17) is 13.8 Å². The summed E-state index contributed by atoms with van der Waals surface area (Å²) >= 11 is 0. The summed E-state index contributed by atoms with van der Waals surface area (Å²) in [5, 5.41) is 1.78. The van der Waals surface area contributed by atoms with Crippen molar-refractivity contribution in [1.82, 2.24) is 0 Å². The molecule has 0 aliphatic heterocycles. The van der Waals surface area contributed by atoms with Crippen molar-refractivity contribution in [1.29, 1.82) is 0 Å². The number of ether oxygens (including phenoxy) is 1. The molecular weight excluding hydrogens is 291 g/mol. The lowest BCUT2D eigenvalue weighted by atomic mass is 10.1. The third-order valence-electron chi connectivity index (χ3n) is 3.16. The molecule has 0 N–H and O–H groups in total. The monoisotopic (exact) mass is 308 g/mol. The van der Waals surface area contributed by atoms with Gasteiger partial charge in [-0.05, 0) is 10.8 Å². The molecule has 21 heavy (non-hydrogen) atoms. The Morgan fingerprint density at radius 1 is 1.05 bits per heavy atom. The first-order valence-corrected chi connectivity index (χ1v) is 7.99. The van der Waals surface area contributed by atoms with Crippen LogP contribution in [0.15, 0.2) is 42.5 Å². The SMILES string of the molecule is COP(=O)(OC)[C@@H](OC(C)=O)c1cccc2ccccc12. The van der Waals surface area contributed by atoms with Gasteiger partial charge < -0.3 is 13.8 Å². The molecule has 0 spiro atoms. The number of rotatable bonds is 5. The van der Waals surface area contributed by atoms with E-state index in [0.29, 0.717) is 5.56 Å². The minimum atomic E-state index is -3.61. The first-order chi connectivity index (χ1) is 10.0. The van der Waals surface area contributed by atoms with Crippen LogP contribution >= 0.6 is 7.60 Å². The van der Waals surface area contributed by atoms with Crippen LogP contribution in [0.2, 0.25) is 0 Å². The molecule has 0 aliphatic carbocycles. The van der Waals surface area contributed by atoms with E-state index in [1.807, 2.05) is 36.4 Å². The number of benzene rings is 2. The lowest BCUT2D eigenvalue weighted by Gasteiger charge is -2.25. The minimum absolute atomic E-state index is 0.553. The lowest BCUT2D eigenvalue weighted by Crippen LogP contribution is -2.11. The molecule has 2 aromatic carbocycles. The first-order valence-electron chi connectivity index (χ1n) is 6.38. The molecule has 0 bridgehead atoms. The van der Waals surface area contributed by atoms with E-state index in [2.05, 4.69) is 0 Å². The first kappa shape index (κ1) is 15.7. The van der Waals surface area contributed by atoms with E-state index in [1.54, 1.807) is 6.07 Å². The predicted octanol–water partition coefficient (Wildman–Crippen LogP) is 3.89. The summed E-state index contributed by atoms with van der Waals surface area (Å²) in [5.41, 5.74) is 0.593. The number of esters is 1. The maximum absolute atomic E-state index is 12.7. The average molecular weight is 308 g/mol. The molecule has 0 unspecified atom stereocenters. The van der Waals surface area contributed by atoms with Gasteiger partial charge in [0.15, 0.2) is 0 Å². The largest absolute Gasteiger partial charge is 0.445 e. The molecule has 0 radical (unpaired) electrons. The Kier molecular flexibility index (Phi) is 4.78. The number of carbonyl (C=O) groups excluding carboxylic acids is 1. The third-order valence-corrected chi connectivity index (χ3v) is 5.14. The molecule has 2 aromatic rings. The van der Waals surface area contributed by atoms with E-state index >= 15 is 0 Å². The van der Waals surface area contributed by atoms with E-state index < -0.39 is 19.4 Å². The number of hydrogen-bond acceptors (Lipinski definition) is 5. The van der Waals surface area contributed by atoms with Gasteiger partial charge in [-0.2, -0.15) is 0 Å². The zero-order valence-corrected chi connectivity index (χ0v) is 13.0. The Bertz CT molecular complexity index is 684. The maximum atomic E-state index is 12.7. The molecule has 5 nitrogen and oxygen atoms in total. The van der Waals surface area contributed by atoms with Crippen molar-refractivity contribution in [3.8, 4) is 0 Å². The summed E-state index contributed by atoms with van der Waals surface area (Å²) in [6, 6.07) is 13.0. The van der Waals surface area contributed by atoms with Crippen molar-refractivity contribution < 1.29 is 23.1 Å². The molecule has 0 amide bonds. The summed E-state index contributed by atoms with van der Waals surface area (Å²) in [6.07, 6.45) is 0. The molecular formula is C15H17O5P. The number of carbonyl (C=O) groups is 1. The minimum Gasteiger partial charge on any atom is -0.445 e. The highest BCUT2D eigenvalue weighted by Gasteiger charge is 2.39. The van der Waals surface area contributed by atoms with Crippen LogP contribution in [-0.4, -0.2) is 20.2 Å². The smallest absolute Gasteiger partial charge is 0.375 e. The molecule has 2 rings (SSSR count). The second-order valence-corrected chi connectivity index (χ2v) is 6.71. The second-order valence-electron chi connectivity index (χ2n) is 4.44. The molecule has 0 saturated carbocycles. The van der Waals surface area contributed by atoms with Gasteiger partial charge in [-0.1, -0.05) is 42.5 Å². The van der Waals surface area contributed by atoms with Crippen LogP contribution in [0.5, 0.6) is 0 Å². The summed E-state index contributed by atoms with van der Waals surface area (Å²) in [6.45, 7) is 1.26. The fraction of sp³-hybridized carbons (Fsp3) is 0.267. The lowest BCUT2D eigenvalue weighted by molar-refractivity contribution is -0.143. The predicted molar refractivity (Wildman–Crippen MR) is 80.1 cm³/mol. The van der Waals surface area contributed by atoms with Crippen LogP contribution in [-0.2, 0) is 23.1 Å². The summed E-state index contributed by atoms with van der Waals surface area (Å²) in [7, 11) is -1.07. The zero-order chi connectivity index (χ0) is 15.5. The van der Waals surface area contributed by atoms with Crippen LogP contribution in [0.4, 0.5) is 0 Å². The third kappa shape index (κ3) is 3.16. The van der Waals surface area contributed by atoms with Gasteiger partial charge in [0.05, 0.1) is 0 Å². The quantitative estimate of drug-likeness (QED) is 0.619. The van der Waals surface area contributed by atoms with Crippen LogP contribution in [0.25, 0.3) is 10.8 Å². The number of hydrogen-bond donors (Lipinski definition) is 0. The van der Waals surface area contributed by atoms with Gasteiger partial charge in [0.25, 0.3) is 0 Å². The normalized spacial score (nSPS) is 13.1. The van der Waals surface area contributed by atoms with E-state index in [9.17, 15) is 9.36 Å². The molecule has 1 atom stereocenters. The molecule has 6 heteroatoms. The van der Waals surface area contributed by atoms with Crippen molar-refractivity contribution in [2.45, 2.75) is 12.8 Å². The zero-order valence-electron chi connectivity index (χ0n) is 12.1. The van der Waals surface area contributed by atoms with Crippen molar-refractivity contribution in [3.63, 3.8) is 0 Å². The highest BCUT2D eigenvalue weighted by molar-refractivity contribution is 7.54. The highest BCUT2D eigenvalue weighted by atomic mass is 31.2. The van der Waals surface area contributed by atoms with Gasteiger partial charge in [-0.3, -0.25) is 9.36 Å². The van der Waals surface area contributed by atoms with E-state index in [1.165, 1.54) is 21.1 Å². The van der Waals surface area contributed by atoms with Crippen molar-refractivity contribution in [2.24, 2.45) is 0 Å². The topological polar surface area (TPSA) is 61.8 Å². The van der Waals surface area contributed by atoms with Gasteiger partial charge >= 0.3 is 13.6 Å². The van der Waals surface area contributed by atoms with E-state index in [0.717, 1.165) is 10.8 Å². The average Bonchev–Trinajstić information content (AvgIpc) is 2.51. The van der Waals surface area contributed by atoms with Crippen LogP contribution in [0, 0.1) is 0 Å². The van der Waals surface area contributed by atoms with Crippen molar-refractivity contribution >= 4 is 24.3 Å². The van der Waals surface area contributed by atoms with Gasteiger partial charge in [-0.15, -0.1) is 0 Å². The highest BCUT2D eigenvalue weighted by Crippen LogP contribution is 2.61. The fourth-order valence-electron chi connectivity index (χ4n) is 2.19. The van der Waals surface area contributed by atoms with Gasteiger partial charge in [0, 0.05) is 26.7 Å². The van der Waals surface area contributed by atoms with Crippen molar-refractivity contribution in [2.75, 3.05) is 14.2 Å². The fourth-order valence-corrected chi connectivity index (χ4v) is 3.56. The summed E-state index contributed by atoms with van der Waals surface area (Å²) < 4.78 is 28.0. The Hall–Kier alpha value is -1.68. The molecule has 0 aromatic heterocycles. The second kappa shape index (κ2) is 6.39. The van der Waals surface area contributed by atoms with Gasteiger partial charge in [0.1, 0.15) is 0 Å². The van der Waals surface area contributed by atoms with Crippen LogP contribution < -0.4 is 0 Å². The molecule has 0 fully saturated rings. The number of fused-ring (bicyclic) bond motifs is 1. The van der Waals surface area contributed by atoms with Crippen LogP contribution in [0.3, 0.4) is 0 Å².